The van der Waals surface area contributed by atoms with Crippen molar-refractivity contribution in [2.24, 2.45) is 0 Å². The number of nitrogens with zero attached hydrogens (tertiary/aromatic N) is 4. The van der Waals surface area contributed by atoms with Crippen LogP contribution in [0.2, 0.25) is 0 Å². The number of fused-ring (bicyclic) bond motifs is 3. The minimum Gasteiger partial charge on any atom is -0.243 e. The van der Waals surface area contributed by atoms with Crippen molar-refractivity contribution in [3.05, 3.63) is 36.4 Å². The average molecular weight is 160 g/mol. The Balaban J connectivity index is 2.32. The van der Waals surface area contributed by atoms with E-state index in [1.165, 1.54) is 11.4 Å². The van der Waals surface area contributed by atoms with Crippen LogP contribution in [0.3, 0.4) is 0 Å². The summed E-state index contributed by atoms with van der Waals surface area (Å²) in [6.07, 6.45) is 9.57. The molecular formula is C8H8N4. The van der Waals surface area contributed by atoms with Gasteiger partial charge in [0, 0.05) is 0 Å². The van der Waals surface area contributed by atoms with Gasteiger partial charge in [0.15, 0.2) is 0 Å². The highest BCUT2D eigenvalue weighted by Crippen LogP contribution is 2.13. The largest absolute Gasteiger partial charge is 0.243 e. The Morgan fingerprint density at radius 1 is 0.917 bits per heavy atom. The van der Waals surface area contributed by atoms with Crippen LogP contribution in [-0.2, 0) is 12.8 Å². The summed E-state index contributed by atoms with van der Waals surface area (Å²) in [6, 6.07) is 0. The highest BCUT2D eigenvalue weighted by Gasteiger charge is 2.13. The van der Waals surface area contributed by atoms with Crippen LogP contribution in [0.4, 0.5) is 0 Å². The van der Waals surface area contributed by atoms with Gasteiger partial charge in [0.2, 0.25) is 0 Å². The fourth-order valence-corrected chi connectivity index (χ4v) is 1.63. The molecule has 0 aromatic carbocycles. The van der Waals surface area contributed by atoms with E-state index >= 15 is 0 Å². The predicted octanol–water partition coefficient (Wildman–Crippen LogP) is 0.490. The van der Waals surface area contributed by atoms with Crippen molar-refractivity contribution in [3.63, 3.8) is 0 Å². The Kier molecular flexibility index (Phi) is 0.983. The first-order valence-electron chi connectivity index (χ1n) is 3.98. The van der Waals surface area contributed by atoms with Crippen molar-refractivity contribution in [3.8, 4) is 0 Å². The molecule has 0 bridgehead atoms. The lowest BCUT2D eigenvalue weighted by Crippen LogP contribution is -2.19. The molecule has 0 spiro atoms. The smallest absolute Gasteiger partial charge is 0.115 e. The Bertz CT molecular complexity index is 372. The molecule has 0 saturated carbocycles. The van der Waals surface area contributed by atoms with Crippen molar-refractivity contribution in [2.75, 3.05) is 0 Å². The molecule has 0 N–H and O–H groups in total. The quantitative estimate of drug-likeness (QED) is 0.562. The van der Waals surface area contributed by atoms with E-state index in [2.05, 4.69) is 9.97 Å². The van der Waals surface area contributed by atoms with Gasteiger partial charge in [-0.25, -0.2) is 19.3 Å². The van der Waals surface area contributed by atoms with Gasteiger partial charge < -0.3 is 0 Å². The fraction of sp³-hybridized carbons (Fsp3) is 0.250. The lowest BCUT2D eigenvalue weighted by Gasteiger charge is -2.16. The van der Waals surface area contributed by atoms with Crippen molar-refractivity contribution in [1.29, 1.82) is 0 Å². The molecule has 3 rings (SSSR count). The summed E-state index contributed by atoms with van der Waals surface area (Å²) in [4.78, 5) is 8.19. The second-order valence-electron chi connectivity index (χ2n) is 2.96. The summed E-state index contributed by atoms with van der Waals surface area (Å²) in [5.74, 6) is 0. The van der Waals surface area contributed by atoms with E-state index in [1.54, 1.807) is 0 Å². The molecular weight excluding hydrogens is 152 g/mol. The molecule has 1 aliphatic rings. The molecule has 0 amide bonds. The Hall–Kier alpha value is -1.58. The summed E-state index contributed by atoms with van der Waals surface area (Å²) in [7, 11) is 0. The molecule has 0 atom stereocenters. The van der Waals surface area contributed by atoms with Gasteiger partial charge in [0.25, 0.3) is 0 Å². The van der Waals surface area contributed by atoms with Gasteiger partial charge in [0.1, 0.15) is 12.7 Å². The number of hydrogen-bond donors (Lipinski definition) is 0. The maximum atomic E-state index is 4.10. The van der Waals surface area contributed by atoms with Crippen molar-refractivity contribution < 1.29 is 0 Å². The molecule has 3 heterocycles. The summed E-state index contributed by atoms with van der Waals surface area (Å²) in [5, 5.41) is 0. The van der Waals surface area contributed by atoms with Crippen LogP contribution in [0.25, 0.3) is 0 Å². The molecule has 2 aromatic rings. The number of rotatable bonds is 0. The van der Waals surface area contributed by atoms with E-state index < -0.39 is 0 Å². The Labute approximate surface area is 69.5 Å². The molecule has 0 radical (unpaired) electrons. The molecule has 2 aromatic heterocycles. The molecule has 1 aliphatic heterocycles. The number of aryl methyl sites for hydroxylation is 2. The molecule has 0 aliphatic carbocycles. The summed E-state index contributed by atoms with van der Waals surface area (Å²) in [6.45, 7) is 0. The van der Waals surface area contributed by atoms with Crippen molar-refractivity contribution >= 4 is 0 Å². The molecule has 0 unspecified atom stereocenters. The van der Waals surface area contributed by atoms with Crippen LogP contribution >= 0.6 is 0 Å². The number of hydrogen-bond acceptors (Lipinski definition) is 2. The minimum atomic E-state index is 1.06. The first-order valence-corrected chi connectivity index (χ1v) is 3.98. The van der Waals surface area contributed by atoms with Gasteiger partial charge in [-0.3, -0.25) is 0 Å². The summed E-state index contributed by atoms with van der Waals surface area (Å²) < 4.78 is 4.07. The summed E-state index contributed by atoms with van der Waals surface area (Å²) >= 11 is 0. The highest BCUT2D eigenvalue weighted by atomic mass is 15.5. The van der Waals surface area contributed by atoms with Gasteiger partial charge in [0.05, 0.1) is 23.8 Å². The second kappa shape index (κ2) is 1.97. The minimum absolute atomic E-state index is 1.06. The first-order chi connectivity index (χ1) is 5.95. The third-order valence-corrected chi connectivity index (χ3v) is 2.26. The second-order valence-corrected chi connectivity index (χ2v) is 2.96. The topological polar surface area (TPSA) is 35.6 Å². The maximum Gasteiger partial charge on any atom is 0.115 e. The lowest BCUT2D eigenvalue weighted by atomic mass is 10.2. The van der Waals surface area contributed by atoms with Crippen LogP contribution in [-0.4, -0.2) is 19.3 Å². The van der Waals surface area contributed by atoms with Gasteiger partial charge in [-0.1, -0.05) is 0 Å². The molecule has 12 heavy (non-hydrogen) atoms. The highest BCUT2D eigenvalue weighted by molar-refractivity contribution is 5.11. The van der Waals surface area contributed by atoms with Crippen LogP contribution in [0.15, 0.2) is 25.0 Å². The maximum absolute atomic E-state index is 4.10. The van der Waals surface area contributed by atoms with Gasteiger partial charge in [-0.05, 0) is 12.8 Å². The standard InChI is InChI=1S/C8H8N4/c1-2-8-4-10-6-12(8)11-5-9-3-7(1)11/h3-6H,1-2H2. The third-order valence-electron chi connectivity index (χ3n) is 2.26. The van der Waals surface area contributed by atoms with Crippen molar-refractivity contribution in [1.82, 2.24) is 19.3 Å². The SMILES string of the molecule is c1ncn2c1CCc1cncn1-2. The molecule has 4 nitrogen and oxygen atoms in total. The zero-order valence-electron chi connectivity index (χ0n) is 6.51. The van der Waals surface area contributed by atoms with Crippen LogP contribution in [0.1, 0.15) is 11.4 Å². The van der Waals surface area contributed by atoms with E-state index in [4.69, 9.17) is 0 Å². The normalized spacial score (nSPS) is 14.0. The van der Waals surface area contributed by atoms with Crippen LogP contribution in [0, 0.1) is 0 Å². The Morgan fingerprint density at radius 2 is 1.42 bits per heavy atom. The van der Waals surface area contributed by atoms with Crippen molar-refractivity contribution in [2.45, 2.75) is 12.8 Å². The summed E-state index contributed by atoms with van der Waals surface area (Å²) in [5.41, 5.74) is 2.50. The lowest BCUT2D eigenvalue weighted by molar-refractivity contribution is 0.550. The molecule has 4 heteroatoms. The zero-order valence-corrected chi connectivity index (χ0v) is 6.51. The average Bonchev–Trinajstić information content (AvgIpc) is 2.71. The molecule has 0 saturated heterocycles. The Morgan fingerprint density at radius 3 is 1.92 bits per heavy atom. The van der Waals surface area contributed by atoms with E-state index in [0.717, 1.165) is 12.8 Å². The molecule has 0 fully saturated rings. The van der Waals surface area contributed by atoms with Crippen LogP contribution < -0.4 is 0 Å². The predicted molar refractivity (Wildman–Crippen MR) is 42.7 cm³/mol. The van der Waals surface area contributed by atoms with E-state index in [1.807, 2.05) is 34.4 Å². The first kappa shape index (κ1) is 5.99. The fourth-order valence-electron chi connectivity index (χ4n) is 1.63. The van der Waals surface area contributed by atoms with Crippen LogP contribution in [0.5, 0.6) is 0 Å². The zero-order chi connectivity index (χ0) is 7.97. The van der Waals surface area contributed by atoms with E-state index in [-0.39, 0.29) is 0 Å². The van der Waals surface area contributed by atoms with Gasteiger partial charge in [-0.15, -0.1) is 0 Å². The van der Waals surface area contributed by atoms with E-state index in [9.17, 15) is 0 Å². The third kappa shape index (κ3) is 0.617. The number of aromatic nitrogens is 4. The van der Waals surface area contributed by atoms with Gasteiger partial charge >= 0.3 is 0 Å². The van der Waals surface area contributed by atoms with E-state index in [0.29, 0.717) is 0 Å². The number of imidazole rings is 2. The molecule has 60 valence electrons. The van der Waals surface area contributed by atoms with Gasteiger partial charge in [-0.2, -0.15) is 0 Å². The monoisotopic (exact) mass is 160 g/mol.